The molecule has 0 aliphatic heterocycles. The van der Waals surface area contributed by atoms with E-state index in [1.54, 1.807) is 30.3 Å². The topological polar surface area (TPSA) is 148 Å². The summed E-state index contributed by atoms with van der Waals surface area (Å²) in [4.78, 5) is 34.7. The third-order valence-corrected chi connectivity index (χ3v) is 5.96. The lowest BCUT2D eigenvalue weighted by Crippen LogP contribution is -2.40. The monoisotopic (exact) mass is 480 g/mol. The first kappa shape index (κ1) is 24.3. The molecule has 0 heterocycles. The van der Waals surface area contributed by atoms with Gasteiger partial charge < -0.3 is 0 Å². The standard InChI is InChI=1S/C23H20N4O6S/c28-22(14-13-18-9-4-5-12-21(18)27(30)31)25-26-23(29)19-10-6-11-20(15-19)34(32,33)24-16-17-7-2-1-3-8-17/h1-15,24H,16H2,(H,25,28)(H,26,29)/b14-13+. The quantitative estimate of drug-likeness (QED) is 0.256. The van der Waals surface area contributed by atoms with Crippen molar-refractivity contribution in [2.24, 2.45) is 0 Å². The average Bonchev–Trinajstić information content (AvgIpc) is 2.85. The highest BCUT2D eigenvalue weighted by molar-refractivity contribution is 7.89. The van der Waals surface area contributed by atoms with E-state index in [0.29, 0.717) is 0 Å². The minimum atomic E-state index is -3.88. The first-order valence-corrected chi connectivity index (χ1v) is 11.4. The van der Waals surface area contributed by atoms with Gasteiger partial charge in [-0.05, 0) is 35.9 Å². The Morgan fingerprint density at radius 2 is 1.62 bits per heavy atom. The number of benzene rings is 3. The average molecular weight is 481 g/mol. The molecule has 0 saturated carbocycles. The Balaban J connectivity index is 1.61. The molecular formula is C23H20N4O6S. The molecule has 3 aromatic rings. The molecule has 11 heteroatoms. The molecule has 0 saturated heterocycles. The number of nitro benzene ring substituents is 1. The first-order valence-electron chi connectivity index (χ1n) is 9.92. The second-order valence-corrected chi connectivity index (χ2v) is 8.70. The molecule has 3 N–H and O–H groups in total. The zero-order chi connectivity index (χ0) is 24.6. The number of amides is 2. The number of nitrogens with zero attached hydrogens (tertiary/aromatic N) is 1. The zero-order valence-corrected chi connectivity index (χ0v) is 18.5. The Labute approximate surface area is 195 Å². The lowest BCUT2D eigenvalue weighted by molar-refractivity contribution is -0.385. The second-order valence-electron chi connectivity index (χ2n) is 6.93. The molecule has 10 nitrogen and oxygen atoms in total. The van der Waals surface area contributed by atoms with E-state index in [2.05, 4.69) is 15.6 Å². The van der Waals surface area contributed by atoms with Crippen molar-refractivity contribution in [3.05, 3.63) is 112 Å². The lowest BCUT2D eigenvalue weighted by atomic mass is 10.1. The molecule has 0 unspecified atom stereocenters. The highest BCUT2D eigenvalue weighted by atomic mass is 32.2. The molecule has 0 aromatic heterocycles. The largest absolute Gasteiger partial charge is 0.276 e. The molecule has 2 amide bonds. The van der Waals surface area contributed by atoms with Crippen LogP contribution in [0, 0.1) is 10.1 Å². The normalized spacial score (nSPS) is 11.2. The van der Waals surface area contributed by atoms with Crippen molar-refractivity contribution in [2.45, 2.75) is 11.4 Å². The van der Waals surface area contributed by atoms with Crippen molar-refractivity contribution in [1.29, 1.82) is 0 Å². The molecular weight excluding hydrogens is 460 g/mol. The van der Waals surface area contributed by atoms with Gasteiger partial charge in [0.15, 0.2) is 0 Å². The molecule has 34 heavy (non-hydrogen) atoms. The Morgan fingerprint density at radius 3 is 2.35 bits per heavy atom. The van der Waals surface area contributed by atoms with E-state index in [4.69, 9.17) is 0 Å². The van der Waals surface area contributed by atoms with E-state index < -0.39 is 26.8 Å². The number of hydrogen-bond acceptors (Lipinski definition) is 6. The summed E-state index contributed by atoms with van der Waals surface area (Å²) < 4.78 is 27.6. The fraction of sp³-hybridized carbons (Fsp3) is 0.0435. The molecule has 174 valence electrons. The van der Waals surface area contributed by atoms with Crippen molar-refractivity contribution in [3.8, 4) is 0 Å². The van der Waals surface area contributed by atoms with Gasteiger partial charge >= 0.3 is 0 Å². The number of rotatable bonds is 8. The predicted molar refractivity (Wildman–Crippen MR) is 125 cm³/mol. The fourth-order valence-corrected chi connectivity index (χ4v) is 3.92. The molecule has 3 rings (SSSR count). The van der Waals surface area contributed by atoms with E-state index in [9.17, 15) is 28.1 Å². The lowest BCUT2D eigenvalue weighted by Gasteiger charge is -2.09. The van der Waals surface area contributed by atoms with Crippen LogP contribution in [0.3, 0.4) is 0 Å². The number of carbonyl (C=O) groups excluding carboxylic acids is 2. The molecule has 3 aromatic carbocycles. The summed E-state index contributed by atoms with van der Waals surface area (Å²) >= 11 is 0. The summed E-state index contributed by atoms with van der Waals surface area (Å²) in [5.41, 5.74) is 5.14. The van der Waals surface area contributed by atoms with Crippen LogP contribution < -0.4 is 15.6 Å². The number of carbonyl (C=O) groups is 2. The zero-order valence-electron chi connectivity index (χ0n) is 17.7. The Hall–Kier alpha value is -4.35. The molecule has 0 radical (unpaired) electrons. The Bertz CT molecular complexity index is 1340. The number of hydrogen-bond donors (Lipinski definition) is 3. The van der Waals surface area contributed by atoms with Crippen molar-refractivity contribution in [3.63, 3.8) is 0 Å². The van der Waals surface area contributed by atoms with Crippen LogP contribution in [0.25, 0.3) is 6.08 Å². The van der Waals surface area contributed by atoms with Crippen LogP contribution in [0.15, 0.2) is 89.8 Å². The van der Waals surface area contributed by atoms with Gasteiger partial charge in [-0.2, -0.15) is 0 Å². The third kappa shape index (κ3) is 6.58. The van der Waals surface area contributed by atoms with Gasteiger partial charge in [0, 0.05) is 24.3 Å². The minimum Gasteiger partial charge on any atom is -0.268 e. The molecule has 0 aliphatic rings. The van der Waals surface area contributed by atoms with Gasteiger partial charge in [0.25, 0.3) is 17.5 Å². The maximum absolute atomic E-state index is 12.6. The smallest absolute Gasteiger partial charge is 0.268 e. The minimum absolute atomic E-state index is 0.00515. The van der Waals surface area contributed by atoms with Crippen LogP contribution in [-0.4, -0.2) is 25.2 Å². The predicted octanol–water partition coefficient (Wildman–Crippen LogP) is 2.55. The maximum atomic E-state index is 12.6. The van der Waals surface area contributed by atoms with E-state index in [1.165, 1.54) is 48.5 Å². The van der Waals surface area contributed by atoms with Gasteiger partial charge in [-0.25, -0.2) is 13.1 Å². The van der Waals surface area contributed by atoms with Gasteiger partial charge in [-0.1, -0.05) is 48.5 Å². The molecule has 0 aliphatic carbocycles. The van der Waals surface area contributed by atoms with E-state index in [1.807, 2.05) is 6.07 Å². The molecule has 0 fully saturated rings. The number of nitro groups is 1. The van der Waals surface area contributed by atoms with Crippen molar-refractivity contribution >= 4 is 33.6 Å². The van der Waals surface area contributed by atoms with Gasteiger partial charge in [-0.15, -0.1) is 0 Å². The summed E-state index contributed by atoms with van der Waals surface area (Å²) in [6, 6.07) is 20.1. The van der Waals surface area contributed by atoms with Crippen molar-refractivity contribution in [2.75, 3.05) is 0 Å². The van der Waals surface area contributed by atoms with Crippen LogP contribution in [0.1, 0.15) is 21.5 Å². The van der Waals surface area contributed by atoms with Crippen LogP contribution in [-0.2, 0) is 21.4 Å². The summed E-state index contributed by atoms with van der Waals surface area (Å²) in [6.07, 6.45) is 2.27. The molecule has 0 spiro atoms. The maximum Gasteiger partial charge on any atom is 0.276 e. The summed E-state index contributed by atoms with van der Waals surface area (Å²) in [6.45, 7) is 0.0849. The number of para-hydroxylation sites is 1. The van der Waals surface area contributed by atoms with Gasteiger partial charge in [0.2, 0.25) is 10.0 Å². The molecule has 0 bridgehead atoms. The van der Waals surface area contributed by atoms with E-state index in [0.717, 1.165) is 11.6 Å². The summed E-state index contributed by atoms with van der Waals surface area (Å²) in [5, 5.41) is 11.0. The van der Waals surface area contributed by atoms with Crippen LogP contribution in [0.5, 0.6) is 0 Å². The van der Waals surface area contributed by atoms with Gasteiger partial charge in [-0.3, -0.25) is 30.6 Å². The highest BCUT2D eigenvalue weighted by Gasteiger charge is 2.16. The summed E-state index contributed by atoms with van der Waals surface area (Å²) in [7, 11) is -3.88. The second kappa shape index (κ2) is 11.0. The van der Waals surface area contributed by atoms with Crippen molar-refractivity contribution in [1.82, 2.24) is 15.6 Å². The number of sulfonamides is 1. The number of hydrazine groups is 1. The Morgan fingerprint density at radius 1 is 0.912 bits per heavy atom. The van der Waals surface area contributed by atoms with E-state index in [-0.39, 0.29) is 28.3 Å². The summed E-state index contributed by atoms with van der Waals surface area (Å²) in [5.74, 6) is -1.48. The number of nitrogens with one attached hydrogen (secondary N) is 3. The van der Waals surface area contributed by atoms with Crippen molar-refractivity contribution < 1.29 is 22.9 Å². The fourth-order valence-electron chi connectivity index (χ4n) is 2.85. The van der Waals surface area contributed by atoms with Crippen LogP contribution in [0.2, 0.25) is 0 Å². The van der Waals surface area contributed by atoms with Crippen LogP contribution >= 0.6 is 0 Å². The highest BCUT2D eigenvalue weighted by Crippen LogP contribution is 2.18. The third-order valence-electron chi connectivity index (χ3n) is 4.56. The van der Waals surface area contributed by atoms with Crippen LogP contribution in [0.4, 0.5) is 5.69 Å². The molecule has 0 atom stereocenters. The van der Waals surface area contributed by atoms with Gasteiger partial charge in [0.1, 0.15) is 0 Å². The SMILES string of the molecule is O=C(/C=C/c1ccccc1[N+](=O)[O-])NNC(=O)c1cccc(S(=O)(=O)NCc2ccccc2)c1. The van der Waals surface area contributed by atoms with E-state index >= 15 is 0 Å². The Kier molecular flexibility index (Phi) is 7.85. The van der Waals surface area contributed by atoms with Gasteiger partial charge in [0.05, 0.1) is 15.4 Å². The first-order chi connectivity index (χ1) is 16.3.